The molecule has 0 atom stereocenters. The lowest BCUT2D eigenvalue weighted by Gasteiger charge is -2.17. The molecule has 0 aliphatic heterocycles. The molecule has 0 rings (SSSR count). The second-order valence-corrected chi connectivity index (χ2v) is 2.72. The first-order valence-electron chi connectivity index (χ1n) is 3.74. The van der Waals surface area contributed by atoms with Gasteiger partial charge in [0.25, 0.3) is 0 Å². The molecule has 0 aliphatic carbocycles. The molecule has 1 N–H and O–H groups in total. The van der Waals surface area contributed by atoms with E-state index < -0.39 is 18.6 Å². The highest BCUT2D eigenvalue weighted by molar-refractivity contribution is 5.78. The van der Waals surface area contributed by atoms with Gasteiger partial charge in [0.15, 0.2) is 0 Å². The number of hydrogen-bond acceptors (Lipinski definition) is 3. The first-order chi connectivity index (χ1) is 6.35. The average Bonchev–Trinajstić information content (AvgIpc) is 1.96. The number of likely N-dealkylation sites (N-methyl/N-ethyl adjacent to an activating group) is 1. The van der Waals surface area contributed by atoms with E-state index in [4.69, 9.17) is 5.26 Å². The minimum absolute atomic E-state index is 0.196. The zero-order valence-corrected chi connectivity index (χ0v) is 7.56. The van der Waals surface area contributed by atoms with Crippen molar-refractivity contribution in [3.63, 3.8) is 0 Å². The Hall–Kier alpha value is -1.29. The number of halogens is 3. The Morgan fingerprint density at radius 3 is 2.57 bits per heavy atom. The molecule has 0 aromatic carbocycles. The van der Waals surface area contributed by atoms with Gasteiger partial charge in [-0.15, -0.1) is 0 Å². The fourth-order valence-electron chi connectivity index (χ4n) is 0.801. The lowest BCUT2D eigenvalue weighted by Crippen LogP contribution is -2.39. The van der Waals surface area contributed by atoms with Gasteiger partial charge < -0.3 is 5.32 Å². The SMILES string of the molecule is CN(CC(=O)NCC#N)CC(F)(F)F. The second-order valence-electron chi connectivity index (χ2n) is 2.72. The van der Waals surface area contributed by atoms with Crippen LogP contribution in [0.1, 0.15) is 0 Å². The van der Waals surface area contributed by atoms with Gasteiger partial charge in [0, 0.05) is 0 Å². The number of rotatable bonds is 4. The van der Waals surface area contributed by atoms with Crippen molar-refractivity contribution < 1.29 is 18.0 Å². The van der Waals surface area contributed by atoms with Crippen LogP contribution in [0.3, 0.4) is 0 Å². The number of alkyl halides is 3. The summed E-state index contributed by atoms with van der Waals surface area (Å²) >= 11 is 0. The normalized spacial score (nSPS) is 11.1. The van der Waals surface area contributed by atoms with E-state index in [2.05, 4.69) is 5.32 Å². The number of nitrogens with zero attached hydrogens (tertiary/aromatic N) is 2. The van der Waals surface area contributed by atoms with Crippen LogP contribution in [0, 0.1) is 11.3 Å². The van der Waals surface area contributed by atoms with E-state index in [9.17, 15) is 18.0 Å². The van der Waals surface area contributed by atoms with Crippen LogP contribution < -0.4 is 5.32 Å². The predicted octanol–water partition coefficient (Wildman–Crippen LogP) is 0.120. The number of nitriles is 1. The molecule has 7 heteroatoms. The maximum absolute atomic E-state index is 11.8. The summed E-state index contributed by atoms with van der Waals surface area (Å²) in [6.07, 6.45) is -4.32. The van der Waals surface area contributed by atoms with Crippen LogP contribution in [0.4, 0.5) is 13.2 Å². The van der Waals surface area contributed by atoms with Crippen molar-refractivity contribution in [3.8, 4) is 6.07 Å². The maximum atomic E-state index is 11.8. The molecule has 0 aromatic heterocycles. The Labute approximate surface area is 79.3 Å². The summed E-state index contributed by atoms with van der Waals surface area (Å²) in [4.78, 5) is 11.7. The van der Waals surface area contributed by atoms with Crippen LogP contribution in [-0.4, -0.2) is 43.7 Å². The van der Waals surface area contributed by atoms with Crippen LogP contribution in [-0.2, 0) is 4.79 Å². The molecule has 14 heavy (non-hydrogen) atoms. The number of carbonyl (C=O) groups excluding carboxylic acids is 1. The van der Waals surface area contributed by atoms with Gasteiger partial charge in [0.1, 0.15) is 6.54 Å². The molecule has 4 nitrogen and oxygen atoms in total. The number of amides is 1. The molecule has 0 saturated heterocycles. The van der Waals surface area contributed by atoms with Crippen molar-refractivity contribution in [3.05, 3.63) is 0 Å². The monoisotopic (exact) mass is 209 g/mol. The number of nitrogens with one attached hydrogen (secondary N) is 1. The van der Waals surface area contributed by atoms with Crippen LogP contribution in [0.5, 0.6) is 0 Å². The van der Waals surface area contributed by atoms with Gasteiger partial charge >= 0.3 is 6.18 Å². The van der Waals surface area contributed by atoms with Crippen molar-refractivity contribution in [2.45, 2.75) is 6.18 Å². The molecular formula is C7H10F3N3O. The molecule has 0 aromatic rings. The molecule has 1 amide bonds. The van der Waals surface area contributed by atoms with Crippen molar-refractivity contribution in [1.29, 1.82) is 5.26 Å². The largest absolute Gasteiger partial charge is 0.401 e. The Bertz CT molecular complexity index is 233. The molecule has 0 fully saturated rings. The van der Waals surface area contributed by atoms with Crippen LogP contribution in [0.2, 0.25) is 0 Å². The topological polar surface area (TPSA) is 56.1 Å². The van der Waals surface area contributed by atoms with Crippen LogP contribution in [0.15, 0.2) is 0 Å². The third kappa shape index (κ3) is 7.36. The Kier molecular flexibility index (Phi) is 4.94. The highest BCUT2D eigenvalue weighted by atomic mass is 19.4. The van der Waals surface area contributed by atoms with E-state index in [0.717, 1.165) is 4.90 Å². The molecule has 0 unspecified atom stereocenters. The van der Waals surface area contributed by atoms with E-state index in [1.165, 1.54) is 7.05 Å². The summed E-state index contributed by atoms with van der Waals surface area (Å²) in [6.45, 7) is -1.72. The summed E-state index contributed by atoms with van der Waals surface area (Å²) in [5.41, 5.74) is 0. The molecule has 0 radical (unpaired) electrons. The van der Waals surface area contributed by atoms with E-state index in [1.54, 1.807) is 6.07 Å². The van der Waals surface area contributed by atoms with Crippen molar-refractivity contribution in [2.75, 3.05) is 26.7 Å². The van der Waals surface area contributed by atoms with Crippen molar-refractivity contribution in [1.82, 2.24) is 10.2 Å². The zero-order valence-electron chi connectivity index (χ0n) is 7.56. The van der Waals surface area contributed by atoms with Gasteiger partial charge in [0.2, 0.25) is 5.91 Å². The summed E-state index contributed by atoms with van der Waals surface area (Å²) in [5.74, 6) is -0.599. The molecular weight excluding hydrogens is 199 g/mol. The van der Waals surface area contributed by atoms with Crippen LogP contribution in [0.25, 0.3) is 0 Å². The highest BCUT2D eigenvalue weighted by Crippen LogP contribution is 2.14. The Balaban J connectivity index is 3.78. The van der Waals surface area contributed by atoms with E-state index in [0.29, 0.717) is 0 Å². The van der Waals surface area contributed by atoms with Gasteiger partial charge in [-0.25, -0.2) is 0 Å². The minimum atomic E-state index is -4.32. The third-order valence-electron chi connectivity index (χ3n) is 1.23. The summed E-state index contributed by atoms with van der Waals surface area (Å²) in [7, 11) is 1.18. The summed E-state index contributed by atoms with van der Waals surface area (Å²) in [5, 5.41) is 10.2. The first-order valence-corrected chi connectivity index (χ1v) is 3.74. The maximum Gasteiger partial charge on any atom is 0.401 e. The predicted molar refractivity (Wildman–Crippen MR) is 42.2 cm³/mol. The van der Waals surface area contributed by atoms with Gasteiger partial charge in [-0.3, -0.25) is 9.69 Å². The summed E-state index contributed by atoms with van der Waals surface area (Å²) in [6, 6.07) is 1.65. The molecule has 0 heterocycles. The van der Waals surface area contributed by atoms with Gasteiger partial charge in [-0.05, 0) is 7.05 Å². The Morgan fingerprint density at radius 1 is 1.57 bits per heavy atom. The van der Waals surface area contributed by atoms with E-state index in [-0.39, 0.29) is 13.1 Å². The second kappa shape index (κ2) is 5.44. The zero-order chi connectivity index (χ0) is 11.2. The third-order valence-corrected chi connectivity index (χ3v) is 1.23. The highest BCUT2D eigenvalue weighted by Gasteiger charge is 2.29. The quantitative estimate of drug-likeness (QED) is 0.669. The molecule has 0 saturated carbocycles. The van der Waals surface area contributed by atoms with Crippen molar-refractivity contribution >= 4 is 5.91 Å². The number of hydrogen-bond donors (Lipinski definition) is 1. The molecule has 0 spiro atoms. The summed E-state index contributed by atoms with van der Waals surface area (Å²) < 4.78 is 35.3. The lowest BCUT2D eigenvalue weighted by atomic mass is 10.4. The lowest BCUT2D eigenvalue weighted by molar-refractivity contribution is -0.145. The molecule has 80 valence electrons. The standard InChI is InChI=1S/C7H10F3N3O/c1-13(5-7(8,9)10)4-6(14)12-3-2-11/h3-5H2,1H3,(H,12,14). The Morgan fingerprint density at radius 2 is 2.14 bits per heavy atom. The average molecular weight is 209 g/mol. The number of carbonyl (C=O) groups is 1. The van der Waals surface area contributed by atoms with Crippen molar-refractivity contribution in [2.24, 2.45) is 0 Å². The molecule has 0 bridgehead atoms. The fraction of sp³-hybridized carbons (Fsp3) is 0.714. The van der Waals surface area contributed by atoms with Gasteiger partial charge in [0.05, 0.1) is 19.2 Å². The fourth-order valence-corrected chi connectivity index (χ4v) is 0.801. The van der Waals surface area contributed by atoms with E-state index >= 15 is 0 Å². The van der Waals surface area contributed by atoms with Gasteiger partial charge in [-0.1, -0.05) is 0 Å². The first kappa shape index (κ1) is 12.7. The van der Waals surface area contributed by atoms with Crippen LogP contribution >= 0.6 is 0 Å². The van der Waals surface area contributed by atoms with E-state index in [1.807, 2.05) is 0 Å². The molecule has 0 aliphatic rings. The minimum Gasteiger partial charge on any atom is -0.342 e. The van der Waals surface area contributed by atoms with Gasteiger partial charge in [-0.2, -0.15) is 18.4 Å². The smallest absolute Gasteiger partial charge is 0.342 e.